The van der Waals surface area contributed by atoms with Gasteiger partial charge >= 0.3 is 0 Å². The van der Waals surface area contributed by atoms with Gasteiger partial charge in [0.25, 0.3) is 0 Å². The standard InChI is InChI=1S/C20H25N3O4/c1-26-18-8-7-15(13-19(18)27-2)9-11-21-12-10-20(25)23-22-14-16-5-3-4-6-17(16)24/h3-8,13-14,21,24H,9-12H2,1-2H3,(H,23,25)/b22-14+. The van der Waals surface area contributed by atoms with Gasteiger partial charge in [-0.3, -0.25) is 4.79 Å². The molecule has 0 spiro atoms. The smallest absolute Gasteiger partial charge is 0.241 e. The minimum absolute atomic E-state index is 0.118. The molecule has 2 rings (SSSR count). The number of benzene rings is 2. The maximum absolute atomic E-state index is 11.7. The van der Waals surface area contributed by atoms with E-state index < -0.39 is 0 Å². The second-order valence-corrected chi connectivity index (χ2v) is 5.79. The van der Waals surface area contributed by atoms with Crippen LogP contribution in [-0.4, -0.2) is 44.5 Å². The van der Waals surface area contributed by atoms with Gasteiger partial charge in [-0.25, -0.2) is 5.43 Å². The molecule has 0 fully saturated rings. The summed E-state index contributed by atoms with van der Waals surface area (Å²) < 4.78 is 10.5. The lowest BCUT2D eigenvalue weighted by atomic mass is 10.1. The Kier molecular flexibility index (Phi) is 8.12. The van der Waals surface area contributed by atoms with Gasteiger partial charge in [-0.05, 0) is 42.8 Å². The lowest BCUT2D eigenvalue weighted by Crippen LogP contribution is -2.25. The van der Waals surface area contributed by atoms with Gasteiger partial charge in [0.2, 0.25) is 5.91 Å². The molecule has 0 aromatic heterocycles. The van der Waals surface area contributed by atoms with Gasteiger partial charge in [0.05, 0.1) is 20.4 Å². The molecule has 0 bridgehead atoms. The highest BCUT2D eigenvalue weighted by atomic mass is 16.5. The quantitative estimate of drug-likeness (QED) is 0.338. The molecule has 0 aliphatic carbocycles. The fraction of sp³-hybridized carbons (Fsp3) is 0.300. The van der Waals surface area contributed by atoms with Crippen molar-refractivity contribution < 1.29 is 19.4 Å². The average molecular weight is 371 g/mol. The Morgan fingerprint density at radius 1 is 1.11 bits per heavy atom. The minimum Gasteiger partial charge on any atom is -0.507 e. The highest BCUT2D eigenvalue weighted by Gasteiger charge is 2.04. The van der Waals surface area contributed by atoms with Crippen molar-refractivity contribution in [2.75, 3.05) is 27.3 Å². The molecule has 2 aromatic rings. The van der Waals surface area contributed by atoms with E-state index in [0.29, 0.717) is 30.0 Å². The van der Waals surface area contributed by atoms with E-state index in [4.69, 9.17) is 9.47 Å². The fourth-order valence-electron chi connectivity index (χ4n) is 2.42. The molecule has 0 atom stereocenters. The zero-order chi connectivity index (χ0) is 19.5. The zero-order valence-corrected chi connectivity index (χ0v) is 15.6. The fourth-order valence-corrected chi connectivity index (χ4v) is 2.42. The first-order valence-corrected chi connectivity index (χ1v) is 8.65. The highest BCUT2D eigenvalue weighted by Crippen LogP contribution is 2.27. The van der Waals surface area contributed by atoms with Crippen LogP contribution in [0.15, 0.2) is 47.6 Å². The van der Waals surface area contributed by atoms with E-state index in [0.717, 1.165) is 18.5 Å². The van der Waals surface area contributed by atoms with Crippen LogP contribution in [0, 0.1) is 0 Å². The number of amides is 1. The molecule has 0 aliphatic rings. The number of ether oxygens (including phenoxy) is 2. The van der Waals surface area contributed by atoms with Crippen LogP contribution >= 0.6 is 0 Å². The summed E-state index contributed by atoms with van der Waals surface area (Å²) in [6, 6.07) is 12.6. The Balaban J connectivity index is 1.65. The SMILES string of the molecule is COc1ccc(CCNCCC(=O)N/N=C/c2ccccc2O)cc1OC. The van der Waals surface area contributed by atoms with E-state index in [1.54, 1.807) is 38.5 Å². The molecule has 0 saturated carbocycles. The Morgan fingerprint density at radius 2 is 1.89 bits per heavy atom. The Morgan fingerprint density at radius 3 is 2.63 bits per heavy atom. The second kappa shape index (κ2) is 10.8. The van der Waals surface area contributed by atoms with Crippen LogP contribution in [0.5, 0.6) is 17.2 Å². The summed E-state index contributed by atoms with van der Waals surface area (Å²) in [5.41, 5.74) is 4.11. The zero-order valence-electron chi connectivity index (χ0n) is 15.6. The number of rotatable bonds is 10. The molecule has 144 valence electrons. The first-order chi connectivity index (χ1) is 13.1. The lowest BCUT2D eigenvalue weighted by molar-refractivity contribution is -0.120. The van der Waals surface area contributed by atoms with Crippen LogP contribution in [0.25, 0.3) is 0 Å². The summed E-state index contributed by atoms with van der Waals surface area (Å²) in [6.07, 6.45) is 2.54. The molecule has 0 aliphatic heterocycles. The number of methoxy groups -OCH3 is 2. The molecule has 7 heteroatoms. The number of aromatic hydroxyl groups is 1. The van der Waals surface area contributed by atoms with Crippen molar-refractivity contribution in [3.63, 3.8) is 0 Å². The summed E-state index contributed by atoms with van der Waals surface area (Å²) >= 11 is 0. The summed E-state index contributed by atoms with van der Waals surface area (Å²) in [7, 11) is 3.22. The van der Waals surface area contributed by atoms with Crippen molar-refractivity contribution in [2.45, 2.75) is 12.8 Å². The molecule has 0 radical (unpaired) electrons. The van der Waals surface area contributed by atoms with Gasteiger partial charge in [-0.2, -0.15) is 5.10 Å². The van der Waals surface area contributed by atoms with E-state index in [2.05, 4.69) is 15.8 Å². The van der Waals surface area contributed by atoms with Crippen molar-refractivity contribution in [1.29, 1.82) is 0 Å². The van der Waals surface area contributed by atoms with Crippen LogP contribution in [0.1, 0.15) is 17.5 Å². The van der Waals surface area contributed by atoms with Crippen molar-refractivity contribution in [2.24, 2.45) is 5.10 Å². The first kappa shape index (κ1) is 20.3. The number of para-hydroxylation sites is 1. The number of carbonyl (C=O) groups is 1. The Labute approximate surface area is 159 Å². The van der Waals surface area contributed by atoms with E-state index in [9.17, 15) is 9.90 Å². The van der Waals surface area contributed by atoms with Crippen molar-refractivity contribution in [1.82, 2.24) is 10.7 Å². The summed E-state index contributed by atoms with van der Waals surface area (Å²) in [5.74, 6) is 1.33. The van der Waals surface area contributed by atoms with E-state index in [1.807, 2.05) is 18.2 Å². The molecule has 3 N–H and O–H groups in total. The number of hydrazone groups is 1. The normalized spacial score (nSPS) is 10.7. The van der Waals surface area contributed by atoms with E-state index in [1.165, 1.54) is 6.21 Å². The third kappa shape index (κ3) is 6.63. The molecule has 27 heavy (non-hydrogen) atoms. The van der Waals surface area contributed by atoms with E-state index in [-0.39, 0.29) is 11.7 Å². The molecule has 0 heterocycles. The number of nitrogens with one attached hydrogen (secondary N) is 2. The number of nitrogens with zero attached hydrogens (tertiary/aromatic N) is 1. The third-order valence-corrected chi connectivity index (χ3v) is 3.90. The number of phenols is 1. The van der Waals surface area contributed by atoms with Gasteiger partial charge in [-0.15, -0.1) is 0 Å². The van der Waals surface area contributed by atoms with Crippen molar-refractivity contribution in [3.05, 3.63) is 53.6 Å². The lowest BCUT2D eigenvalue weighted by Gasteiger charge is -2.10. The summed E-state index contributed by atoms with van der Waals surface area (Å²) in [5, 5.41) is 16.7. The minimum atomic E-state index is -0.194. The van der Waals surface area contributed by atoms with Crippen LogP contribution in [0.3, 0.4) is 0 Å². The molecule has 7 nitrogen and oxygen atoms in total. The first-order valence-electron chi connectivity index (χ1n) is 8.65. The molecule has 0 unspecified atom stereocenters. The van der Waals surface area contributed by atoms with E-state index >= 15 is 0 Å². The van der Waals surface area contributed by atoms with Gasteiger partial charge in [0, 0.05) is 18.5 Å². The predicted molar refractivity (Wildman–Crippen MR) is 105 cm³/mol. The van der Waals surface area contributed by atoms with Crippen LogP contribution in [-0.2, 0) is 11.2 Å². The van der Waals surface area contributed by atoms with Gasteiger partial charge < -0.3 is 19.9 Å². The maximum atomic E-state index is 11.7. The van der Waals surface area contributed by atoms with Crippen LogP contribution in [0.4, 0.5) is 0 Å². The highest BCUT2D eigenvalue weighted by molar-refractivity contribution is 5.85. The Hall–Kier alpha value is -3.06. The molecule has 2 aromatic carbocycles. The molecular formula is C20H25N3O4. The van der Waals surface area contributed by atoms with Crippen LogP contribution in [0.2, 0.25) is 0 Å². The molecular weight excluding hydrogens is 346 g/mol. The molecule has 0 saturated heterocycles. The Bertz CT molecular complexity index is 778. The molecule has 1 amide bonds. The van der Waals surface area contributed by atoms with Crippen LogP contribution < -0.4 is 20.2 Å². The largest absolute Gasteiger partial charge is 0.507 e. The number of hydrogen-bond acceptors (Lipinski definition) is 6. The predicted octanol–water partition coefficient (Wildman–Crippen LogP) is 2.08. The van der Waals surface area contributed by atoms with Crippen molar-refractivity contribution >= 4 is 12.1 Å². The average Bonchev–Trinajstić information content (AvgIpc) is 2.69. The summed E-state index contributed by atoms with van der Waals surface area (Å²) in [6.45, 7) is 1.29. The topological polar surface area (TPSA) is 92.2 Å². The number of carbonyl (C=O) groups excluding carboxylic acids is 1. The monoisotopic (exact) mass is 371 g/mol. The number of hydrogen-bond donors (Lipinski definition) is 3. The summed E-state index contributed by atoms with van der Waals surface area (Å²) in [4.78, 5) is 11.7. The van der Waals surface area contributed by atoms with Gasteiger partial charge in [0.1, 0.15) is 5.75 Å². The van der Waals surface area contributed by atoms with Gasteiger partial charge in [-0.1, -0.05) is 18.2 Å². The van der Waals surface area contributed by atoms with Gasteiger partial charge in [0.15, 0.2) is 11.5 Å². The van der Waals surface area contributed by atoms with Crippen molar-refractivity contribution in [3.8, 4) is 17.2 Å². The number of phenolic OH excluding ortho intramolecular Hbond substituents is 1. The maximum Gasteiger partial charge on any atom is 0.241 e. The second-order valence-electron chi connectivity index (χ2n) is 5.79. The third-order valence-electron chi connectivity index (χ3n) is 3.90.